The van der Waals surface area contributed by atoms with Crippen LogP contribution in [0.4, 0.5) is 0 Å². The molecule has 0 saturated heterocycles. The van der Waals surface area contributed by atoms with Crippen molar-refractivity contribution in [3.8, 4) is 0 Å². The third kappa shape index (κ3) is 3.01. The van der Waals surface area contributed by atoms with Crippen LogP contribution < -0.4 is 0 Å². The number of benzene rings is 1. The molecule has 20 heavy (non-hydrogen) atoms. The summed E-state index contributed by atoms with van der Waals surface area (Å²) in [7, 11) is 0. The quantitative estimate of drug-likeness (QED) is 0.728. The fourth-order valence-corrected chi connectivity index (χ4v) is 3.94. The van der Waals surface area contributed by atoms with Gasteiger partial charge in [0.15, 0.2) is 0 Å². The summed E-state index contributed by atoms with van der Waals surface area (Å²) in [6.45, 7) is 0. The molecule has 1 aromatic rings. The highest BCUT2D eigenvalue weighted by Gasteiger charge is 2.37. The van der Waals surface area contributed by atoms with Gasteiger partial charge >= 0.3 is 5.97 Å². The number of esters is 1. The van der Waals surface area contributed by atoms with Crippen molar-refractivity contribution in [3.05, 3.63) is 34.9 Å². The van der Waals surface area contributed by atoms with Gasteiger partial charge < -0.3 is 4.74 Å². The van der Waals surface area contributed by atoms with Gasteiger partial charge in [-0.2, -0.15) is 0 Å². The molecule has 2 fully saturated rings. The fourth-order valence-electron chi connectivity index (χ4n) is 3.82. The summed E-state index contributed by atoms with van der Waals surface area (Å²) in [5.74, 6) is 1.17. The Morgan fingerprint density at radius 3 is 2.50 bits per heavy atom. The zero-order chi connectivity index (χ0) is 13.9. The Kier molecular flexibility index (Phi) is 4.30. The van der Waals surface area contributed by atoms with E-state index >= 15 is 0 Å². The molecule has 0 heterocycles. The molecule has 0 radical (unpaired) electrons. The van der Waals surface area contributed by atoms with Crippen molar-refractivity contribution in [2.45, 2.75) is 51.0 Å². The highest BCUT2D eigenvalue weighted by molar-refractivity contribution is 6.30. The fraction of sp³-hybridized carbons (Fsp3) is 0.588. The molecule has 0 amide bonds. The Morgan fingerprint density at radius 1 is 1.00 bits per heavy atom. The second-order valence-corrected chi connectivity index (χ2v) is 6.53. The van der Waals surface area contributed by atoms with E-state index in [0.29, 0.717) is 16.5 Å². The first-order chi connectivity index (χ1) is 9.74. The molecule has 3 rings (SSSR count). The third-order valence-corrected chi connectivity index (χ3v) is 5.10. The van der Waals surface area contributed by atoms with Crippen molar-refractivity contribution < 1.29 is 9.53 Å². The minimum absolute atomic E-state index is 0.122. The summed E-state index contributed by atoms with van der Waals surface area (Å²) in [6.07, 6.45) is 8.84. The van der Waals surface area contributed by atoms with Crippen LogP contribution in [0.5, 0.6) is 0 Å². The van der Waals surface area contributed by atoms with Crippen LogP contribution in [0.1, 0.15) is 55.3 Å². The molecule has 0 bridgehead atoms. The number of carbonyl (C=O) groups excluding carboxylic acids is 1. The minimum atomic E-state index is -0.196. The van der Waals surface area contributed by atoms with Crippen LogP contribution in [0.3, 0.4) is 0 Å². The molecule has 3 atom stereocenters. The maximum atomic E-state index is 12.2. The molecular formula is C17H21ClO2. The van der Waals surface area contributed by atoms with Crippen molar-refractivity contribution in [1.82, 2.24) is 0 Å². The van der Waals surface area contributed by atoms with Gasteiger partial charge in [0.25, 0.3) is 0 Å². The first kappa shape index (κ1) is 13.9. The van der Waals surface area contributed by atoms with E-state index in [4.69, 9.17) is 16.3 Å². The van der Waals surface area contributed by atoms with E-state index in [1.807, 2.05) is 0 Å². The number of rotatable bonds is 2. The zero-order valence-electron chi connectivity index (χ0n) is 11.7. The average Bonchev–Trinajstić information content (AvgIpc) is 2.48. The molecule has 2 saturated carbocycles. The van der Waals surface area contributed by atoms with E-state index in [9.17, 15) is 4.79 Å². The Balaban J connectivity index is 1.66. The van der Waals surface area contributed by atoms with Gasteiger partial charge in [0.05, 0.1) is 5.56 Å². The molecule has 2 aliphatic rings. The maximum absolute atomic E-state index is 12.2. The lowest BCUT2D eigenvalue weighted by Crippen LogP contribution is -2.37. The van der Waals surface area contributed by atoms with E-state index in [1.54, 1.807) is 24.3 Å². The molecule has 0 spiro atoms. The van der Waals surface area contributed by atoms with Crippen LogP contribution in [0.2, 0.25) is 5.02 Å². The number of ether oxygens (including phenoxy) is 1. The topological polar surface area (TPSA) is 26.3 Å². The molecular weight excluding hydrogens is 272 g/mol. The second-order valence-electron chi connectivity index (χ2n) is 6.09. The smallest absolute Gasteiger partial charge is 0.338 e. The standard InChI is InChI=1S/C17H21ClO2/c18-14-10-8-13(9-11-14)17(19)20-16-7-3-5-12-4-1-2-6-15(12)16/h8-12,15-16H,1-7H2. The van der Waals surface area contributed by atoms with Crippen molar-refractivity contribution in [2.24, 2.45) is 11.8 Å². The SMILES string of the molecule is O=C(OC1CCCC2CCCCC21)c1ccc(Cl)cc1. The number of hydrogen-bond acceptors (Lipinski definition) is 2. The minimum Gasteiger partial charge on any atom is -0.458 e. The number of fused-ring (bicyclic) bond motifs is 1. The van der Waals surface area contributed by atoms with Gasteiger partial charge in [-0.25, -0.2) is 4.79 Å². The monoisotopic (exact) mass is 292 g/mol. The molecule has 0 N–H and O–H groups in total. The van der Waals surface area contributed by atoms with Crippen LogP contribution in [0.15, 0.2) is 24.3 Å². The van der Waals surface area contributed by atoms with E-state index in [-0.39, 0.29) is 12.1 Å². The molecule has 0 aliphatic heterocycles. The van der Waals surface area contributed by atoms with Crippen LogP contribution in [0.25, 0.3) is 0 Å². The number of halogens is 1. The molecule has 3 unspecified atom stereocenters. The van der Waals surface area contributed by atoms with Gasteiger partial charge in [-0.1, -0.05) is 30.9 Å². The lowest BCUT2D eigenvalue weighted by atomic mass is 9.69. The predicted octanol–water partition coefficient (Wildman–Crippen LogP) is 4.86. The Morgan fingerprint density at radius 2 is 1.70 bits per heavy atom. The molecule has 2 nitrogen and oxygen atoms in total. The predicted molar refractivity (Wildman–Crippen MR) is 80.0 cm³/mol. The summed E-state index contributed by atoms with van der Waals surface area (Å²) in [6, 6.07) is 6.96. The molecule has 3 heteroatoms. The third-order valence-electron chi connectivity index (χ3n) is 4.85. The number of hydrogen-bond donors (Lipinski definition) is 0. The summed E-state index contributed by atoms with van der Waals surface area (Å²) >= 11 is 5.85. The molecule has 0 aromatic heterocycles. The van der Waals surface area contributed by atoms with Crippen LogP contribution in [-0.4, -0.2) is 12.1 Å². The lowest BCUT2D eigenvalue weighted by Gasteiger charge is -2.40. The summed E-state index contributed by atoms with van der Waals surface area (Å²) in [5, 5.41) is 0.645. The van der Waals surface area contributed by atoms with Crippen LogP contribution in [0, 0.1) is 11.8 Å². The second kappa shape index (κ2) is 6.17. The van der Waals surface area contributed by atoms with E-state index < -0.39 is 0 Å². The summed E-state index contributed by atoms with van der Waals surface area (Å²) in [4.78, 5) is 12.2. The highest BCUT2D eigenvalue weighted by Crippen LogP contribution is 2.41. The van der Waals surface area contributed by atoms with E-state index in [1.165, 1.54) is 38.5 Å². The largest absolute Gasteiger partial charge is 0.458 e. The van der Waals surface area contributed by atoms with E-state index in [2.05, 4.69) is 0 Å². The Labute approximate surface area is 125 Å². The van der Waals surface area contributed by atoms with Crippen LogP contribution in [-0.2, 0) is 4.74 Å². The van der Waals surface area contributed by atoms with Crippen molar-refractivity contribution >= 4 is 17.6 Å². The van der Waals surface area contributed by atoms with Crippen molar-refractivity contribution in [1.29, 1.82) is 0 Å². The summed E-state index contributed by atoms with van der Waals surface area (Å²) < 4.78 is 5.80. The van der Waals surface area contributed by atoms with E-state index in [0.717, 1.165) is 12.3 Å². The summed E-state index contributed by atoms with van der Waals surface area (Å²) in [5.41, 5.74) is 0.604. The average molecular weight is 293 g/mol. The zero-order valence-corrected chi connectivity index (χ0v) is 12.4. The van der Waals surface area contributed by atoms with Crippen molar-refractivity contribution in [2.75, 3.05) is 0 Å². The normalized spacial score (nSPS) is 29.6. The van der Waals surface area contributed by atoms with Gasteiger partial charge in [-0.3, -0.25) is 0 Å². The van der Waals surface area contributed by atoms with Crippen molar-refractivity contribution in [3.63, 3.8) is 0 Å². The van der Waals surface area contributed by atoms with Gasteiger partial charge in [0.1, 0.15) is 6.10 Å². The van der Waals surface area contributed by atoms with Gasteiger partial charge in [0, 0.05) is 5.02 Å². The lowest BCUT2D eigenvalue weighted by molar-refractivity contribution is -0.0249. The molecule has 2 aliphatic carbocycles. The van der Waals surface area contributed by atoms with Gasteiger partial charge in [-0.15, -0.1) is 0 Å². The molecule has 1 aromatic carbocycles. The Bertz CT molecular complexity index is 466. The highest BCUT2D eigenvalue weighted by atomic mass is 35.5. The molecule has 108 valence electrons. The first-order valence-corrected chi connectivity index (χ1v) is 8.08. The van der Waals surface area contributed by atoms with Crippen LogP contribution >= 0.6 is 11.6 Å². The Hall–Kier alpha value is -1.02. The first-order valence-electron chi connectivity index (χ1n) is 7.70. The van der Waals surface area contributed by atoms with Gasteiger partial charge in [-0.05, 0) is 61.8 Å². The number of carbonyl (C=O) groups is 1. The maximum Gasteiger partial charge on any atom is 0.338 e. The van der Waals surface area contributed by atoms with Gasteiger partial charge in [0.2, 0.25) is 0 Å².